The zero-order valence-electron chi connectivity index (χ0n) is 19.4. The van der Waals surface area contributed by atoms with Crippen molar-refractivity contribution in [3.63, 3.8) is 0 Å². The number of β-lactam (4-membered cyclic amide) rings is 1. The molecule has 15 heteroatoms. The SMILES string of the molecule is Cn1nnnc1SCC1=C(C(=O)OC(C)(C)C)N2C(=O)C(NC(=O)CS(=O)c3cccs3)[C@H]2SC1. The average Bonchev–Trinajstić information content (AvgIpc) is 3.46. The molecule has 3 atom stereocenters. The fourth-order valence-corrected chi connectivity index (χ4v) is 7.65. The van der Waals surface area contributed by atoms with Crippen molar-refractivity contribution in [1.29, 1.82) is 0 Å². The van der Waals surface area contributed by atoms with Gasteiger partial charge in [-0.25, -0.2) is 9.48 Å². The summed E-state index contributed by atoms with van der Waals surface area (Å²) in [4.78, 5) is 40.1. The molecule has 2 aliphatic rings. The van der Waals surface area contributed by atoms with Crippen LogP contribution in [-0.2, 0) is 37.0 Å². The van der Waals surface area contributed by atoms with Gasteiger partial charge in [0, 0.05) is 18.6 Å². The van der Waals surface area contributed by atoms with Gasteiger partial charge in [0.25, 0.3) is 5.91 Å². The number of aryl methyl sites for hydroxylation is 1. The van der Waals surface area contributed by atoms with Crippen molar-refractivity contribution >= 4 is 63.4 Å². The number of nitrogens with zero attached hydrogens (tertiary/aromatic N) is 5. The third-order valence-corrected chi connectivity index (χ3v) is 9.95. The van der Waals surface area contributed by atoms with E-state index < -0.39 is 45.6 Å². The first kappa shape index (κ1) is 25.9. The van der Waals surface area contributed by atoms with E-state index in [1.54, 1.807) is 45.3 Å². The predicted molar refractivity (Wildman–Crippen MR) is 133 cm³/mol. The molecule has 0 bridgehead atoms. The molecule has 2 aromatic rings. The number of esters is 1. The molecule has 1 N–H and O–H groups in total. The minimum absolute atomic E-state index is 0.198. The van der Waals surface area contributed by atoms with E-state index in [1.807, 2.05) is 0 Å². The Labute approximate surface area is 216 Å². The lowest BCUT2D eigenvalue weighted by atomic mass is 10.0. The van der Waals surface area contributed by atoms with Crippen LogP contribution < -0.4 is 5.32 Å². The molecule has 11 nitrogen and oxygen atoms in total. The Morgan fingerprint density at radius 2 is 2.14 bits per heavy atom. The van der Waals surface area contributed by atoms with Crippen molar-refractivity contribution in [2.75, 3.05) is 17.3 Å². The van der Waals surface area contributed by atoms with Gasteiger partial charge in [-0.2, -0.15) is 0 Å². The third kappa shape index (κ3) is 5.78. The minimum Gasteiger partial charge on any atom is -0.455 e. The molecule has 188 valence electrons. The lowest BCUT2D eigenvalue weighted by Crippen LogP contribution is -2.71. The van der Waals surface area contributed by atoms with Gasteiger partial charge in [-0.3, -0.25) is 18.7 Å². The van der Waals surface area contributed by atoms with Crippen molar-refractivity contribution < 1.29 is 23.3 Å². The van der Waals surface area contributed by atoms with E-state index in [0.717, 1.165) is 5.57 Å². The maximum Gasteiger partial charge on any atom is 0.355 e. The zero-order chi connectivity index (χ0) is 25.3. The van der Waals surface area contributed by atoms with E-state index in [-0.39, 0.29) is 11.4 Å². The van der Waals surface area contributed by atoms with Crippen LogP contribution in [0.15, 0.2) is 38.1 Å². The van der Waals surface area contributed by atoms with Crippen LogP contribution in [0.5, 0.6) is 0 Å². The zero-order valence-corrected chi connectivity index (χ0v) is 22.7. The monoisotopic (exact) mass is 556 g/mol. The molecule has 35 heavy (non-hydrogen) atoms. The van der Waals surface area contributed by atoms with Crippen LogP contribution in [0.4, 0.5) is 0 Å². The number of amides is 2. The topological polar surface area (TPSA) is 136 Å². The number of thiophene rings is 1. The summed E-state index contributed by atoms with van der Waals surface area (Å²) in [5, 5.41) is 16.0. The molecule has 0 aromatic carbocycles. The normalized spacial score (nSPS) is 20.8. The number of tetrazole rings is 1. The predicted octanol–water partition coefficient (Wildman–Crippen LogP) is 1.17. The molecule has 0 saturated carbocycles. The number of rotatable bonds is 8. The summed E-state index contributed by atoms with van der Waals surface area (Å²) >= 11 is 4.11. The lowest BCUT2D eigenvalue weighted by molar-refractivity contribution is -0.158. The van der Waals surface area contributed by atoms with Crippen molar-refractivity contribution in [2.24, 2.45) is 7.05 Å². The number of ether oxygens (including phenoxy) is 1. The number of hydrogen-bond donors (Lipinski definition) is 1. The second-order valence-electron chi connectivity index (χ2n) is 8.70. The van der Waals surface area contributed by atoms with Crippen molar-refractivity contribution in [2.45, 2.75) is 47.2 Å². The van der Waals surface area contributed by atoms with Crippen LogP contribution >= 0.6 is 34.9 Å². The summed E-state index contributed by atoms with van der Waals surface area (Å²) in [5.41, 5.74) is 0.179. The molecule has 0 radical (unpaired) electrons. The standard InChI is InChI=1S/C20H24N6O5S4/c1-20(2,3)31-18(29)15-11(9-34-19-22-23-24-25(19)4)8-33-17-14(16(28)26(15)17)21-12(27)10-35(30)13-6-5-7-32-13/h5-7,14,17H,8-10H2,1-4H3,(H,21,27)/t14?,17-,35?/m1/s1. The molecule has 2 unspecified atom stereocenters. The Kier molecular flexibility index (Phi) is 7.68. The highest BCUT2D eigenvalue weighted by Gasteiger charge is 2.54. The molecule has 2 aromatic heterocycles. The smallest absolute Gasteiger partial charge is 0.355 e. The van der Waals surface area contributed by atoms with Crippen LogP contribution in [0.25, 0.3) is 0 Å². The van der Waals surface area contributed by atoms with Crippen LogP contribution in [-0.4, -0.2) is 81.4 Å². The molecule has 1 saturated heterocycles. The van der Waals surface area contributed by atoms with E-state index in [2.05, 4.69) is 20.8 Å². The molecule has 0 aliphatic carbocycles. The Morgan fingerprint density at radius 3 is 2.77 bits per heavy atom. The number of thioether (sulfide) groups is 2. The Balaban J connectivity index is 1.49. The molecule has 2 amide bonds. The molecule has 1 fully saturated rings. The van der Waals surface area contributed by atoms with Gasteiger partial charge in [0.1, 0.15) is 28.5 Å². The molecule has 2 aliphatic heterocycles. The quantitative estimate of drug-likeness (QED) is 0.287. The highest BCUT2D eigenvalue weighted by Crippen LogP contribution is 2.42. The summed E-state index contributed by atoms with van der Waals surface area (Å²) in [6.45, 7) is 5.28. The van der Waals surface area contributed by atoms with Gasteiger partial charge in [0.2, 0.25) is 11.1 Å². The van der Waals surface area contributed by atoms with Gasteiger partial charge < -0.3 is 10.1 Å². The van der Waals surface area contributed by atoms with E-state index >= 15 is 0 Å². The highest BCUT2D eigenvalue weighted by molar-refractivity contribution is 8.01. The number of carbonyl (C=O) groups is 3. The first-order valence-electron chi connectivity index (χ1n) is 10.5. The molecular formula is C20H24N6O5S4. The Hall–Kier alpha value is -2.23. The summed E-state index contributed by atoms with van der Waals surface area (Å²) in [6, 6.07) is 2.67. The van der Waals surface area contributed by atoms with Gasteiger partial charge in [-0.15, -0.1) is 28.2 Å². The van der Waals surface area contributed by atoms with Crippen LogP contribution in [0.3, 0.4) is 0 Å². The number of aromatic nitrogens is 4. The fraction of sp³-hybridized carbons (Fsp3) is 0.500. The molecule has 0 spiro atoms. The van der Waals surface area contributed by atoms with E-state index in [9.17, 15) is 18.6 Å². The van der Waals surface area contributed by atoms with Gasteiger partial charge in [0.15, 0.2) is 0 Å². The summed E-state index contributed by atoms with van der Waals surface area (Å²) in [6.07, 6.45) is 0. The second-order valence-corrected chi connectivity index (χ2v) is 13.4. The van der Waals surface area contributed by atoms with Crippen LogP contribution in [0.1, 0.15) is 20.8 Å². The van der Waals surface area contributed by atoms with Crippen molar-refractivity contribution in [3.05, 3.63) is 28.8 Å². The van der Waals surface area contributed by atoms with Crippen LogP contribution in [0.2, 0.25) is 0 Å². The van der Waals surface area contributed by atoms with Gasteiger partial charge in [-0.05, 0) is 48.2 Å². The van der Waals surface area contributed by atoms with E-state index in [0.29, 0.717) is 20.9 Å². The van der Waals surface area contributed by atoms with Gasteiger partial charge in [-0.1, -0.05) is 17.8 Å². The Bertz CT molecular complexity index is 1190. The van der Waals surface area contributed by atoms with Crippen LogP contribution in [0, 0.1) is 0 Å². The van der Waals surface area contributed by atoms with E-state index in [1.165, 1.54) is 44.4 Å². The first-order chi connectivity index (χ1) is 16.5. The number of nitrogens with one attached hydrogen (secondary N) is 1. The molecule has 4 rings (SSSR count). The second kappa shape index (κ2) is 10.4. The molecule has 4 heterocycles. The number of hydrogen-bond acceptors (Lipinski definition) is 11. The lowest BCUT2D eigenvalue weighted by Gasteiger charge is -2.50. The summed E-state index contributed by atoms with van der Waals surface area (Å²) < 4.78 is 20.1. The third-order valence-electron chi connectivity index (χ3n) is 4.89. The largest absolute Gasteiger partial charge is 0.455 e. The highest BCUT2D eigenvalue weighted by atomic mass is 32.2. The number of fused-ring (bicyclic) bond motifs is 1. The van der Waals surface area contributed by atoms with Crippen molar-refractivity contribution in [1.82, 2.24) is 30.4 Å². The summed E-state index contributed by atoms with van der Waals surface area (Å²) in [7, 11) is 0.239. The van der Waals surface area contributed by atoms with E-state index in [4.69, 9.17) is 4.74 Å². The maximum atomic E-state index is 13.1. The average molecular weight is 557 g/mol. The number of carbonyl (C=O) groups excluding carboxylic acids is 3. The van der Waals surface area contributed by atoms with Gasteiger partial charge in [0.05, 0.1) is 15.0 Å². The summed E-state index contributed by atoms with van der Waals surface area (Å²) in [5.74, 6) is -0.844. The fourth-order valence-electron chi connectivity index (χ4n) is 3.40. The minimum atomic E-state index is -1.48. The maximum absolute atomic E-state index is 13.1. The first-order valence-corrected chi connectivity index (χ1v) is 14.7. The van der Waals surface area contributed by atoms with Crippen molar-refractivity contribution in [3.8, 4) is 0 Å². The Morgan fingerprint density at radius 1 is 1.37 bits per heavy atom. The molecular weight excluding hydrogens is 533 g/mol. The van der Waals surface area contributed by atoms with Gasteiger partial charge >= 0.3 is 5.97 Å².